The summed E-state index contributed by atoms with van der Waals surface area (Å²) >= 11 is 5.71. The van der Waals surface area contributed by atoms with Crippen LogP contribution in [0, 0.1) is 0 Å². The number of nitrogens with one attached hydrogen (secondary N) is 1. The summed E-state index contributed by atoms with van der Waals surface area (Å²) in [5, 5.41) is 3.75. The highest BCUT2D eigenvalue weighted by Gasteiger charge is 2.36. The van der Waals surface area contributed by atoms with Gasteiger partial charge in [0.25, 0.3) is 0 Å². The van der Waals surface area contributed by atoms with Gasteiger partial charge in [0.15, 0.2) is 0 Å². The van der Waals surface area contributed by atoms with Crippen molar-refractivity contribution in [1.82, 2.24) is 10.3 Å². The molecule has 0 aliphatic carbocycles. The molecule has 0 spiro atoms. The van der Waals surface area contributed by atoms with Gasteiger partial charge in [-0.05, 0) is 11.6 Å². The van der Waals surface area contributed by atoms with Crippen molar-refractivity contribution >= 4 is 11.6 Å². The maximum Gasteiger partial charge on any atom is 0.129 e. The second-order valence-electron chi connectivity index (χ2n) is 3.66. The molecule has 0 amide bonds. The maximum absolute atomic E-state index is 5.71. The Morgan fingerprint density at radius 1 is 1.57 bits per heavy atom. The Kier molecular flexibility index (Phi) is 2.72. The molecule has 1 aliphatic heterocycles. The molecule has 0 bridgehead atoms. The van der Waals surface area contributed by atoms with Gasteiger partial charge in [-0.2, -0.15) is 0 Å². The van der Waals surface area contributed by atoms with Crippen molar-refractivity contribution in [1.29, 1.82) is 0 Å². The highest BCUT2D eigenvalue weighted by atomic mass is 35.5. The molecule has 0 atom stereocenters. The van der Waals surface area contributed by atoms with Gasteiger partial charge in [0.2, 0.25) is 0 Å². The molecule has 1 saturated heterocycles. The van der Waals surface area contributed by atoms with E-state index < -0.39 is 0 Å². The van der Waals surface area contributed by atoms with Crippen molar-refractivity contribution in [2.75, 3.05) is 20.2 Å². The first-order valence-corrected chi connectivity index (χ1v) is 4.98. The predicted molar refractivity (Wildman–Crippen MR) is 55.6 cm³/mol. The van der Waals surface area contributed by atoms with Crippen LogP contribution in [0.1, 0.15) is 5.56 Å². The van der Waals surface area contributed by atoms with Crippen LogP contribution in [0.2, 0.25) is 5.15 Å². The Balaban J connectivity index is 2.06. The van der Waals surface area contributed by atoms with Crippen molar-refractivity contribution < 1.29 is 4.74 Å². The van der Waals surface area contributed by atoms with Gasteiger partial charge in [0.1, 0.15) is 5.15 Å². The lowest BCUT2D eigenvalue weighted by Gasteiger charge is -2.41. The Morgan fingerprint density at radius 3 is 2.79 bits per heavy atom. The zero-order valence-corrected chi connectivity index (χ0v) is 8.84. The van der Waals surface area contributed by atoms with Gasteiger partial charge in [0.05, 0.1) is 5.60 Å². The monoisotopic (exact) mass is 212 g/mol. The minimum atomic E-state index is -0.0322. The van der Waals surface area contributed by atoms with E-state index in [0.717, 1.165) is 25.1 Å². The van der Waals surface area contributed by atoms with Gasteiger partial charge in [-0.1, -0.05) is 17.7 Å². The fraction of sp³-hybridized carbons (Fsp3) is 0.500. The quantitative estimate of drug-likeness (QED) is 0.767. The van der Waals surface area contributed by atoms with Gasteiger partial charge < -0.3 is 10.1 Å². The van der Waals surface area contributed by atoms with Gasteiger partial charge in [-0.15, -0.1) is 0 Å². The van der Waals surface area contributed by atoms with Gasteiger partial charge in [0, 0.05) is 32.8 Å². The molecule has 3 nitrogen and oxygen atoms in total. The standard InChI is InChI=1S/C10H13ClN2O/c1-14-10(6-12-7-10)4-8-2-3-9(11)13-5-8/h2-3,5,12H,4,6-7H2,1H3. The molecule has 2 rings (SSSR count). The topological polar surface area (TPSA) is 34.1 Å². The first kappa shape index (κ1) is 9.90. The molecule has 1 aliphatic rings. The number of halogens is 1. The SMILES string of the molecule is COC1(Cc2ccc(Cl)nc2)CNC1. The number of aromatic nitrogens is 1. The molecule has 1 N–H and O–H groups in total. The summed E-state index contributed by atoms with van der Waals surface area (Å²) < 4.78 is 5.48. The van der Waals surface area contributed by atoms with Crippen LogP contribution in [-0.4, -0.2) is 30.8 Å². The Bertz CT molecular complexity index is 303. The third kappa shape index (κ3) is 1.90. The van der Waals surface area contributed by atoms with Crippen LogP contribution in [-0.2, 0) is 11.2 Å². The Labute approximate surface area is 88.4 Å². The number of methoxy groups -OCH3 is 1. The average molecular weight is 213 g/mol. The normalized spacial score (nSPS) is 19.0. The van der Waals surface area contributed by atoms with E-state index in [1.165, 1.54) is 0 Å². The number of pyridine rings is 1. The van der Waals surface area contributed by atoms with E-state index in [0.29, 0.717) is 5.15 Å². The smallest absolute Gasteiger partial charge is 0.129 e. The first-order valence-electron chi connectivity index (χ1n) is 4.60. The lowest BCUT2D eigenvalue weighted by molar-refractivity contribution is -0.0502. The second kappa shape index (κ2) is 3.85. The van der Waals surface area contributed by atoms with E-state index in [1.807, 2.05) is 12.1 Å². The summed E-state index contributed by atoms with van der Waals surface area (Å²) in [5.74, 6) is 0. The van der Waals surface area contributed by atoms with Crippen LogP contribution in [0.3, 0.4) is 0 Å². The van der Waals surface area contributed by atoms with E-state index in [2.05, 4.69) is 10.3 Å². The minimum absolute atomic E-state index is 0.0322. The first-order chi connectivity index (χ1) is 6.74. The third-order valence-corrected chi connectivity index (χ3v) is 2.87. The lowest BCUT2D eigenvalue weighted by atomic mass is 9.89. The number of nitrogens with zero attached hydrogens (tertiary/aromatic N) is 1. The molecule has 0 saturated carbocycles. The molecule has 0 unspecified atom stereocenters. The Morgan fingerprint density at radius 2 is 2.36 bits per heavy atom. The fourth-order valence-corrected chi connectivity index (χ4v) is 1.74. The molecule has 1 aromatic heterocycles. The van der Waals surface area contributed by atoms with Crippen molar-refractivity contribution in [3.05, 3.63) is 29.0 Å². The summed E-state index contributed by atoms with van der Waals surface area (Å²) in [4.78, 5) is 4.05. The van der Waals surface area contributed by atoms with E-state index in [4.69, 9.17) is 16.3 Å². The van der Waals surface area contributed by atoms with Crippen LogP contribution >= 0.6 is 11.6 Å². The zero-order valence-electron chi connectivity index (χ0n) is 8.09. The molecule has 76 valence electrons. The van der Waals surface area contributed by atoms with E-state index >= 15 is 0 Å². The molecule has 0 radical (unpaired) electrons. The van der Waals surface area contributed by atoms with Crippen LogP contribution in [0.25, 0.3) is 0 Å². The maximum atomic E-state index is 5.71. The molecular weight excluding hydrogens is 200 g/mol. The van der Waals surface area contributed by atoms with E-state index in [-0.39, 0.29) is 5.60 Å². The van der Waals surface area contributed by atoms with Crippen molar-refractivity contribution in [3.63, 3.8) is 0 Å². The van der Waals surface area contributed by atoms with Crippen LogP contribution in [0.4, 0.5) is 0 Å². The largest absolute Gasteiger partial charge is 0.375 e. The molecule has 4 heteroatoms. The molecule has 2 heterocycles. The number of rotatable bonds is 3. The summed E-state index contributed by atoms with van der Waals surface area (Å²) in [6.07, 6.45) is 2.70. The minimum Gasteiger partial charge on any atom is -0.375 e. The van der Waals surface area contributed by atoms with Crippen LogP contribution in [0.5, 0.6) is 0 Å². The molecule has 1 aromatic rings. The summed E-state index contributed by atoms with van der Waals surface area (Å²) in [6.45, 7) is 1.82. The second-order valence-corrected chi connectivity index (χ2v) is 4.04. The highest BCUT2D eigenvalue weighted by Crippen LogP contribution is 2.21. The number of hydrogen-bond acceptors (Lipinski definition) is 3. The highest BCUT2D eigenvalue weighted by molar-refractivity contribution is 6.29. The number of ether oxygens (including phenoxy) is 1. The predicted octanol–water partition coefficient (Wildman–Crippen LogP) is 1.27. The van der Waals surface area contributed by atoms with Crippen LogP contribution in [0.15, 0.2) is 18.3 Å². The summed E-state index contributed by atoms with van der Waals surface area (Å²) in [7, 11) is 1.75. The van der Waals surface area contributed by atoms with Gasteiger partial charge in [-0.3, -0.25) is 0 Å². The molecule has 0 aromatic carbocycles. The molecule has 1 fully saturated rings. The van der Waals surface area contributed by atoms with Gasteiger partial charge in [-0.25, -0.2) is 4.98 Å². The number of hydrogen-bond donors (Lipinski definition) is 1. The van der Waals surface area contributed by atoms with Crippen molar-refractivity contribution in [2.45, 2.75) is 12.0 Å². The summed E-state index contributed by atoms with van der Waals surface area (Å²) in [6, 6.07) is 3.81. The van der Waals surface area contributed by atoms with Crippen LogP contribution < -0.4 is 5.32 Å². The fourth-order valence-electron chi connectivity index (χ4n) is 1.63. The van der Waals surface area contributed by atoms with Crippen molar-refractivity contribution in [2.24, 2.45) is 0 Å². The van der Waals surface area contributed by atoms with E-state index in [1.54, 1.807) is 13.3 Å². The zero-order chi connectivity index (χ0) is 10.0. The summed E-state index contributed by atoms with van der Waals surface area (Å²) in [5.41, 5.74) is 1.13. The average Bonchev–Trinajstić information content (AvgIpc) is 2.15. The molecular formula is C10H13ClN2O. The van der Waals surface area contributed by atoms with Crippen molar-refractivity contribution in [3.8, 4) is 0 Å². The Hall–Kier alpha value is -0.640. The molecule has 14 heavy (non-hydrogen) atoms. The van der Waals surface area contributed by atoms with E-state index in [9.17, 15) is 0 Å². The van der Waals surface area contributed by atoms with Gasteiger partial charge >= 0.3 is 0 Å². The lowest BCUT2D eigenvalue weighted by Crippen LogP contribution is -2.61. The third-order valence-electron chi connectivity index (χ3n) is 2.64.